The van der Waals surface area contributed by atoms with Gasteiger partial charge in [0.15, 0.2) is 6.10 Å². The van der Waals surface area contributed by atoms with Crippen molar-refractivity contribution in [3.63, 3.8) is 0 Å². The molecule has 0 aromatic heterocycles. The molecule has 0 aliphatic rings. The molecule has 5 heteroatoms. The maximum Gasteiger partial charge on any atom is 0.311 e. The quantitative estimate of drug-likeness (QED) is 0.670. The highest BCUT2D eigenvalue weighted by Crippen LogP contribution is 2.19. The van der Waals surface area contributed by atoms with Crippen molar-refractivity contribution in [3.05, 3.63) is 77.3 Å². The molecule has 3 aromatic rings. The number of nitrogens with one attached hydrogen (secondary N) is 1. The second-order valence-electron chi connectivity index (χ2n) is 5.99. The van der Waals surface area contributed by atoms with Crippen molar-refractivity contribution in [2.75, 3.05) is 5.32 Å². The van der Waals surface area contributed by atoms with Crippen molar-refractivity contribution in [1.82, 2.24) is 0 Å². The molecule has 0 aliphatic heterocycles. The molecule has 3 aromatic carbocycles. The molecule has 3 rings (SSSR count). The van der Waals surface area contributed by atoms with E-state index >= 15 is 0 Å². The number of ether oxygens (including phenoxy) is 1. The number of hydrogen-bond acceptors (Lipinski definition) is 3. The van der Waals surface area contributed by atoms with Crippen LogP contribution in [-0.4, -0.2) is 18.0 Å². The molecule has 132 valence electrons. The van der Waals surface area contributed by atoms with Crippen molar-refractivity contribution < 1.29 is 14.3 Å². The van der Waals surface area contributed by atoms with Crippen LogP contribution in [0.3, 0.4) is 0 Å². The van der Waals surface area contributed by atoms with Crippen LogP contribution in [0.2, 0.25) is 5.02 Å². The molecule has 0 fully saturated rings. The standard InChI is InChI=1S/C21H18ClNO3/c1-14(26-20(24)12-15-6-9-18(22)10-7-15)21(25)23-19-11-8-16-4-2-3-5-17(16)13-19/h2-11,13-14H,12H2,1H3,(H,23,25)/t14-/m1/s1. The van der Waals surface area contributed by atoms with Crippen molar-refractivity contribution in [2.45, 2.75) is 19.4 Å². The molecule has 1 atom stereocenters. The second-order valence-corrected chi connectivity index (χ2v) is 6.42. The number of halogens is 1. The number of rotatable bonds is 5. The highest BCUT2D eigenvalue weighted by molar-refractivity contribution is 6.30. The van der Waals surface area contributed by atoms with Crippen LogP contribution in [0.25, 0.3) is 10.8 Å². The van der Waals surface area contributed by atoms with E-state index in [1.54, 1.807) is 31.2 Å². The predicted octanol–water partition coefficient (Wildman–Crippen LogP) is 4.61. The van der Waals surface area contributed by atoms with Gasteiger partial charge in [-0.05, 0) is 47.5 Å². The van der Waals surface area contributed by atoms with Gasteiger partial charge in [0.25, 0.3) is 5.91 Å². The van der Waals surface area contributed by atoms with Crippen LogP contribution < -0.4 is 5.32 Å². The van der Waals surface area contributed by atoms with Crippen LogP contribution in [0.5, 0.6) is 0 Å². The van der Waals surface area contributed by atoms with Crippen LogP contribution in [-0.2, 0) is 20.7 Å². The molecular formula is C21H18ClNO3. The summed E-state index contributed by atoms with van der Waals surface area (Å²) in [5.74, 6) is -0.835. The van der Waals surface area contributed by atoms with Gasteiger partial charge >= 0.3 is 5.97 Å². The third-order valence-corrected chi connectivity index (χ3v) is 4.21. The zero-order chi connectivity index (χ0) is 18.5. The lowest BCUT2D eigenvalue weighted by Crippen LogP contribution is -2.30. The minimum absolute atomic E-state index is 0.0881. The van der Waals surface area contributed by atoms with Crippen molar-refractivity contribution in [1.29, 1.82) is 0 Å². The van der Waals surface area contributed by atoms with E-state index < -0.39 is 12.1 Å². The van der Waals surface area contributed by atoms with Crippen LogP contribution in [0.1, 0.15) is 12.5 Å². The summed E-state index contributed by atoms with van der Waals surface area (Å²) in [6, 6.07) is 20.4. The first-order valence-electron chi connectivity index (χ1n) is 8.25. The monoisotopic (exact) mass is 367 g/mol. The number of amides is 1. The number of hydrogen-bond donors (Lipinski definition) is 1. The van der Waals surface area contributed by atoms with Crippen LogP contribution in [0.4, 0.5) is 5.69 Å². The highest BCUT2D eigenvalue weighted by Gasteiger charge is 2.18. The molecular weight excluding hydrogens is 350 g/mol. The largest absolute Gasteiger partial charge is 0.452 e. The second kappa shape index (κ2) is 8.02. The third kappa shape index (κ3) is 4.61. The molecule has 4 nitrogen and oxygen atoms in total. The van der Waals surface area contributed by atoms with Gasteiger partial charge in [0.1, 0.15) is 0 Å². The van der Waals surface area contributed by atoms with Crippen LogP contribution in [0.15, 0.2) is 66.7 Å². The fourth-order valence-corrected chi connectivity index (χ4v) is 2.70. The van der Waals surface area contributed by atoms with Gasteiger partial charge < -0.3 is 10.1 Å². The Labute approximate surface area is 156 Å². The Bertz CT molecular complexity index is 937. The molecule has 0 spiro atoms. The fourth-order valence-electron chi connectivity index (χ4n) is 2.57. The van der Waals surface area contributed by atoms with E-state index in [4.69, 9.17) is 16.3 Å². The van der Waals surface area contributed by atoms with Gasteiger partial charge in [0, 0.05) is 10.7 Å². The molecule has 0 bridgehead atoms. The van der Waals surface area contributed by atoms with E-state index in [9.17, 15) is 9.59 Å². The summed E-state index contributed by atoms with van der Waals surface area (Å²) in [6.45, 7) is 1.55. The molecule has 0 saturated carbocycles. The minimum atomic E-state index is -0.888. The maximum absolute atomic E-state index is 12.3. The first-order valence-corrected chi connectivity index (χ1v) is 8.62. The van der Waals surface area contributed by atoms with Crippen molar-refractivity contribution >= 4 is 39.9 Å². The molecule has 0 saturated heterocycles. The van der Waals surface area contributed by atoms with Crippen molar-refractivity contribution in [3.8, 4) is 0 Å². The van der Waals surface area contributed by atoms with E-state index in [1.807, 2.05) is 42.5 Å². The van der Waals surface area contributed by atoms with E-state index in [0.29, 0.717) is 10.7 Å². The van der Waals surface area contributed by atoms with Gasteiger partial charge in [-0.2, -0.15) is 0 Å². The molecule has 1 N–H and O–H groups in total. The Kier molecular flexibility index (Phi) is 5.54. The number of anilines is 1. The molecule has 1 amide bonds. The van der Waals surface area contributed by atoms with E-state index in [2.05, 4.69) is 5.32 Å². The zero-order valence-electron chi connectivity index (χ0n) is 14.2. The number of benzene rings is 3. The van der Waals surface area contributed by atoms with Crippen LogP contribution >= 0.6 is 11.6 Å². The summed E-state index contributed by atoms with van der Waals surface area (Å²) in [6.07, 6.45) is -0.800. The summed E-state index contributed by atoms with van der Waals surface area (Å²) in [7, 11) is 0. The average Bonchev–Trinajstić information content (AvgIpc) is 2.63. The topological polar surface area (TPSA) is 55.4 Å². The molecule has 26 heavy (non-hydrogen) atoms. The SMILES string of the molecule is C[C@@H](OC(=O)Cc1ccc(Cl)cc1)C(=O)Nc1ccc2ccccc2c1. The number of esters is 1. The summed E-state index contributed by atoms with van der Waals surface area (Å²) in [5, 5.41) is 5.50. The Morgan fingerprint density at radius 2 is 1.69 bits per heavy atom. The Morgan fingerprint density at radius 1 is 1.00 bits per heavy atom. The lowest BCUT2D eigenvalue weighted by Gasteiger charge is -2.14. The lowest BCUT2D eigenvalue weighted by molar-refractivity contribution is -0.152. The molecule has 0 radical (unpaired) electrons. The van der Waals surface area contributed by atoms with Crippen LogP contribution in [0, 0.1) is 0 Å². The Morgan fingerprint density at radius 3 is 2.42 bits per heavy atom. The van der Waals surface area contributed by atoms with Gasteiger partial charge in [-0.15, -0.1) is 0 Å². The summed E-state index contributed by atoms with van der Waals surface area (Å²) < 4.78 is 5.22. The zero-order valence-corrected chi connectivity index (χ0v) is 15.0. The smallest absolute Gasteiger partial charge is 0.311 e. The molecule has 0 unspecified atom stereocenters. The molecule has 0 heterocycles. The first-order chi connectivity index (χ1) is 12.5. The van der Waals surface area contributed by atoms with Gasteiger partial charge in [0.2, 0.25) is 0 Å². The van der Waals surface area contributed by atoms with E-state index in [0.717, 1.165) is 16.3 Å². The average molecular weight is 368 g/mol. The fraction of sp³-hybridized carbons (Fsp3) is 0.143. The van der Waals surface area contributed by atoms with Gasteiger partial charge in [-0.1, -0.05) is 54.1 Å². The maximum atomic E-state index is 12.3. The number of fused-ring (bicyclic) bond motifs is 1. The normalized spacial score (nSPS) is 11.8. The van der Waals surface area contributed by atoms with E-state index in [-0.39, 0.29) is 12.3 Å². The van der Waals surface area contributed by atoms with Gasteiger partial charge in [-0.3, -0.25) is 9.59 Å². The highest BCUT2D eigenvalue weighted by atomic mass is 35.5. The summed E-state index contributed by atoms with van der Waals surface area (Å²) in [4.78, 5) is 24.3. The van der Waals surface area contributed by atoms with E-state index in [1.165, 1.54) is 0 Å². The molecule has 0 aliphatic carbocycles. The Balaban J connectivity index is 1.57. The predicted molar refractivity (Wildman–Crippen MR) is 103 cm³/mol. The van der Waals surface area contributed by atoms with Crippen molar-refractivity contribution in [2.24, 2.45) is 0 Å². The van der Waals surface area contributed by atoms with Gasteiger partial charge in [0.05, 0.1) is 6.42 Å². The van der Waals surface area contributed by atoms with Gasteiger partial charge in [-0.25, -0.2) is 0 Å². The lowest BCUT2D eigenvalue weighted by atomic mass is 10.1. The number of carbonyl (C=O) groups excluding carboxylic acids is 2. The third-order valence-electron chi connectivity index (χ3n) is 3.96. The Hall–Kier alpha value is -2.85. The summed E-state index contributed by atoms with van der Waals surface area (Å²) in [5.41, 5.74) is 1.44. The summed E-state index contributed by atoms with van der Waals surface area (Å²) >= 11 is 5.82. The first kappa shape index (κ1) is 18.0. The minimum Gasteiger partial charge on any atom is -0.452 e. The number of carbonyl (C=O) groups is 2.